The van der Waals surface area contributed by atoms with Crippen molar-refractivity contribution < 1.29 is 4.79 Å². The number of nitrogens with zero attached hydrogens (tertiary/aromatic N) is 1. The minimum absolute atomic E-state index is 0.0385. The minimum atomic E-state index is 0.0385. The first-order valence-corrected chi connectivity index (χ1v) is 4.70. The molecule has 4 heteroatoms. The second-order valence-corrected chi connectivity index (χ2v) is 2.96. The molecule has 0 unspecified atom stereocenters. The Morgan fingerprint density at radius 2 is 2.43 bits per heavy atom. The monoisotopic (exact) mass is 193 g/mol. The molecule has 0 bridgehead atoms. The quantitative estimate of drug-likeness (QED) is 0.537. The minimum Gasteiger partial charge on any atom is -0.383 e. The maximum atomic E-state index is 11.6. The van der Waals surface area contributed by atoms with Crippen molar-refractivity contribution in [1.82, 2.24) is 10.3 Å². The van der Waals surface area contributed by atoms with Gasteiger partial charge in [-0.3, -0.25) is 4.79 Å². The molecule has 0 aliphatic rings. The third-order valence-electron chi connectivity index (χ3n) is 1.92. The number of carbonyl (C=O) groups is 1. The molecule has 0 atom stereocenters. The molecule has 14 heavy (non-hydrogen) atoms. The molecule has 0 aliphatic heterocycles. The molecule has 1 aromatic heterocycles. The predicted molar refractivity (Wildman–Crippen MR) is 56.1 cm³/mol. The number of ketones is 1. The fraction of sp³-hybridized carbons (Fsp3) is 0.400. The van der Waals surface area contributed by atoms with Crippen LogP contribution in [-0.2, 0) is 0 Å². The Bertz CT molecular complexity index is 312. The lowest BCUT2D eigenvalue weighted by Gasteiger charge is -2.03. The van der Waals surface area contributed by atoms with E-state index in [0.29, 0.717) is 24.3 Å². The lowest BCUT2D eigenvalue weighted by molar-refractivity contribution is 0.0983. The van der Waals surface area contributed by atoms with Gasteiger partial charge in [-0.2, -0.15) is 0 Å². The average molecular weight is 193 g/mol. The van der Waals surface area contributed by atoms with Gasteiger partial charge >= 0.3 is 0 Å². The molecule has 4 nitrogen and oxygen atoms in total. The van der Waals surface area contributed by atoms with Crippen molar-refractivity contribution in [1.29, 1.82) is 0 Å². The lowest BCUT2D eigenvalue weighted by Crippen LogP contribution is -2.18. The number of carbonyl (C=O) groups excluding carboxylic acids is 1. The van der Waals surface area contributed by atoms with E-state index in [4.69, 9.17) is 5.73 Å². The number of nitrogens with one attached hydrogen (secondary N) is 1. The Kier molecular flexibility index (Phi) is 4.07. The van der Waals surface area contributed by atoms with Gasteiger partial charge in [0.05, 0.1) is 5.56 Å². The summed E-state index contributed by atoms with van der Waals surface area (Å²) in [5.41, 5.74) is 6.09. The highest BCUT2D eigenvalue weighted by Gasteiger charge is 2.08. The third-order valence-corrected chi connectivity index (χ3v) is 1.92. The van der Waals surface area contributed by atoms with Gasteiger partial charge in [0.25, 0.3) is 0 Å². The topological polar surface area (TPSA) is 68.0 Å². The van der Waals surface area contributed by atoms with Crippen LogP contribution >= 0.6 is 0 Å². The van der Waals surface area contributed by atoms with Crippen LogP contribution in [0.25, 0.3) is 0 Å². The number of pyridine rings is 1. The molecule has 1 aromatic rings. The van der Waals surface area contributed by atoms with Crippen LogP contribution in [0.15, 0.2) is 18.3 Å². The largest absolute Gasteiger partial charge is 0.383 e. The molecular formula is C10H15N3O. The average Bonchev–Trinajstić information content (AvgIpc) is 2.18. The number of aromatic nitrogens is 1. The number of nitrogen functional groups attached to an aromatic ring is 1. The molecule has 0 radical (unpaired) electrons. The van der Waals surface area contributed by atoms with Gasteiger partial charge in [-0.25, -0.2) is 4.98 Å². The second-order valence-electron chi connectivity index (χ2n) is 2.96. The van der Waals surface area contributed by atoms with Gasteiger partial charge in [0.2, 0.25) is 0 Å². The SMILES string of the molecule is CCNCCC(=O)c1cccnc1N. The number of anilines is 1. The molecule has 0 amide bonds. The summed E-state index contributed by atoms with van der Waals surface area (Å²) in [5, 5.41) is 3.09. The van der Waals surface area contributed by atoms with Gasteiger partial charge in [0, 0.05) is 19.2 Å². The van der Waals surface area contributed by atoms with Crippen molar-refractivity contribution in [2.45, 2.75) is 13.3 Å². The number of hydrogen-bond acceptors (Lipinski definition) is 4. The molecular weight excluding hydrogens is 178 g/mol. The first kappa shape index (κ1) is 10.7. The summed E-state index contributed by atoms with van der Waals surface area (Å²) in [6, 6.07) is 3.42. The second kappa shape index (κ2) is 5.34. The zero-order valence-electron chi connectivity index (χ0n) is 8.29. The standard InChI is InChI=1S/C10H15N3O/c1-2-12-7-5-9(14)8-4-3-6-13-10(8)11/h3-4,6,12H,2,5,7H2,1H3,(H2,11,13). The highest BCUT2D eigenvalue weighted by atomic mass is 16.1. The van der Waals surface area contributed by atoms with Crippen LogP contribution in [0.3, 0.4) is 0 Å². The van der Waals surface area contributed by atoms with Crippen LogP contribution in [0, 0.1) is 0 Å². The summed E-state index contributed by atoms with van der Waals surface area (Å²) in [6.07, 6.45) is 2.04. The van der Waals surface area contributed by atoms with Crippen molar-refractivity contribution >= 4 is 11.6 Å². The van der Waals surface area contributed by atoms with Gasteiger partial charge in [-0.15, -0.1) is 0 Å². The van der Waals surface area contributed by atoms with E-state index in [-0.39, 0.29) is 5.78 Å². The Hall–Kier alpha value is -1.42. The molecule has 0 aliphatic carbocycles. The maximum absolute atomic E-state index is 11.6. The molecule has 76 valence electrons. The van der Waals surface area contributed by atoms with Crippen molar-refractivity contribution in [3.63, 3.8) is 0 Å². The third kappa shape index (κ3) is 2.81. The molecule has 0 spiro atoms. The van der Waals surface area contributed by atoms with Crippen LogP contribution in [0.5, 0.6) is 0 Å². The van der Waals surface area contributed by atoms with Crippen LogP contribution in [0.4, 0.5) is 5.82 Å². The van der Waals surface area contributed by atoms with Gasteiger partial charge in [-0.05, 0) is 18.7 Å². The Labute approximate surface area is 83.5 Å². The molecule has 1 rings (SSSR count). The number of Topliss-reactive ketones (excluding diaryl/α,β-unsaturated/α-hetero) is 1. The van der Waals surface area contributed by atoms with E-state index < -0.39 is 0 Å². The van der Waals surface area contributed by atoms with E-state index in [1.807, 2.05) is 6.92 Å². The van der Waals surface area contributed by atoms with E-state index in [1.54, 1.807) is 18.3 Å². The smallest absolute Gasteiger partial charge is 0.167 e. The van der Waals surface area contributed by atoms with E-state index in [1.165, 1.54) is 0 Å². The van der Waals surface area contributed by atoms with Crippen molar-refractivity contribution in [3.8, 4) is 0 Å². The molecule has 0 saturated carbocycles. The normalized spacial score (nSPS) is 10.1. The summed E-state index contributed by atoms with van der Waals surface area (Å²) in [4.78, 5) is 15.4. The first-order valence-electron chi connectivity index (χ1n) is 4.70. The Morgan fingerprint density at radius 3 is 3.07 bits per heavy atom. The number of rotatable bonds is 5. The first-order chi connectivity index (χ1) is 6.75. The summed E-state index contributed by atoms with van der Waals surface area (Å²) in [5.74, 6) is 0.352. The van der Waals surface area contributed by atoms with Crippen molar-refractivity contribution in [3.05, 3.63) is 23.9 Å². The zero-order chi connectivity index (χ0) is 10.4. The zero-order valence-corrected chi connectivity index (χ0v) is 8.29. The van der Waals surface area contributed by atoms with Crippen LogP contribution in [-0.4, -0.2) is 23.9 Å². The van der Waals surface area contributed by atoms with Crippen molar-refractivity contribution in [2.75, 3.05) is 18.8 Å². The fourth-order valence-corrected chi connectivity index (χ4v) is 1.17. The maximum Gasteiger partial charge on any atom is 0.167 e. The highest BCUT2D eigenvalue weighted by molar-refractivity contribution is 5.99. The van der Waals surface area contributed by atoms with Gasteiger partial charge < -0.3 is 11.1 Å². The molecule has 3 N–H and O–H groups in total. The van der Waals surface area contributed by atoms with Gasteiger partial charge in [-0.1, -0.05) is 6.92 Å². The van der Waals surface area contributed by atoms with E-state index >= 15 is 0 Å². The Morgan fingerprint density at radius 1 is 1.64 bits per heavy atom. The van der Waals surface area contributed by atoms with E-state index in [9.17, 15) is 4.79 Å². The molecule has 0 saturated heterocycles. The van der Waals surface area contributed by atoms with Crippen LogP contribution in [0.2, 0.25) is 0 Å². The molecule has 0 aromatic carbocycles. The Balaban J connectivity index is 2.56. The van der Waals surface area contributed by atoms with Crippen molar-refractivity contribution in [2.24, 2.45) is 0 Å². The fourth-order valence-electron chi connectivity index (χ4n) is 1.17. The summed E-state index contributed by atoms with van der Waals surface area (Å²) in [6.45, 7) is 3.56. The predicted octanol–water partition coefficient (Wildman–Crippen LogP) is 0.846. The lowest BCUT2D eigenvalue weighted by atomic mass is 10.1. The van der Waals surface area contributed by atoms with E-state index in [2.05, 4.69) is 10.3 Å². The van der Waals surface area contributed by atoms with Gasteiger partial charge in [0.1, 0.15) is 5.82 Å². The summed E-state index contributed by atoms with van der Waals surface area (Å²) >= 11 is 0. The summed E-state index contributed by atoms with van der Waals surface area (Å²) in [7, 11) is 0. The summed E-state index contributed by atoms with van der Waals surface area (Å²) < 4.78 is 0. The van der Waals surface area contributed by atoms with Gasteiger partial charge in [0.15, 0.2) is 5.78 Å². The number of hydrogen-bond donors (Lipinski definition) is 2. The number of nitrogens with two attached hydrogens (primary N) is 1. The van der Waals surface area contributed by atoms with Crippen LogP contribution in [0.1, 0.15) is 23.7 Å². The highest BCUT2D eigenvalue weighted by Crippen LogP contribution is 2.09. The molecule has 1 heterocycles. The van der Waals surface area contributed by atoms with E-state index in [0.717, 1.165) is 6.54 Å². The molecule has 0 fully saturated rings. The van der Waals surface area contributed by atoms with Crippen LogP contribution < -0.4 is 11.1 Å².